The number of nitrogen functional groups attached to an aromatic ring is 1. The predicted octanol–water partition coefficient (Wildman–Crippen LogP) is 1.71. The lowest BCUT2D eigenvalue weighted by atomic mass is 10.3. The smallest absolute Gasteiger partial charge is 0.399 e. The summed E-state index contributed by atoms with van der Waals surface area (Å²) in [7, 11) is -1.85. The molecule has 1 unspecified atom stereocenters. The van der Waals surface area contributed by atoms with E-state index in [0.29, 0.717) is 5.69 Å². The second kappa shape index (κ2) is 6.25. The summed E-state index contributed by atoms with van der Waals surface area (Å²) in [5, 5.41) is 1.76. The predicted molar refractivity (Wildman–Crippen MR) is 66.2 cm³/mol. The Hall–Kier alpha value is -1.28. The molecule has 0 bridgehead atoms. The van der Waals surface area contributed by atoms with Gasteiger partial charge in [0.2, 0.25) is 5.91 Å². The summed E-state index contributed by atoms with van der Waals surface area (Å²) in [4.78, 5) is 11.3. The molecule has 0 fully saturated rings. The number of halogens is 4. The largest absolute Gasteiger partial charge is 0.405 e. The van der Waals surface area contributed by atoms with Crippen molar-refractivity contribution in [2.75, 3.05) is 18.0 Å². The third kappa shape index (κ3) is 5.48. The van der Waals surface area contributed by atoms with Crippen molar-refractivity contribution in [3.05, 3.63) is 23.2 Å². The number of alkyl halides is 3. The molecule has 1 aromatic rings. The fourth-order valence-electron chi connectivity index (χ4n) is 1.14. The number of benzene rings is 1. The average Bonchev–Trinajstić information content (AvgIpc) is 2.28. The second-order valence-corrected chi connectivity index (χ2v) is 5.40. The maximum absolute atomic E-state index is 11.9. The summed E-state index contributed by atoms with van der Waals surface area (Å²) in [6, 6.07) is 4.19. The van der Waals surface area contributed by atoms with E-state index in [2.05, 4.69) is 0 Å². The number of nitrogens with one attached hydrogen (secondary N) is 1. The number of amides is 1. The summed E-state index contributed by atoms with van der Waals surface area (Å²) >= 11 is 5.76. The lowest BCUT2D eigenvalue weighted by Crippen LogP contribution is -2.36. The van der Waals surface area contributed by atoms with Gasteiger partial charge in [-0.1, -0.05) is 11.6 Å². The summed E-state index contributed by atoms with van der Waals surface area (Å²) in [5.74, 6) is -1.59. The molecule has 0 heterocycles. The molecule has 19 heavy (non-hydrogen) atoms. The van der Waals surface area contributed by atoms with Crippen LogP contribution < -0.4 is 11.1 Å². The van der Waals surface area contributed by atoms with Crippen LogP contribution in [-0.4, -0.2) is 28.6 Å². The third-order valence-electron chi connectivity index (χ3n) is 1.95. The fraction of sp³-hybridized carbons (Fsp3) is 0.300. The monoisotopic (exact) mass is 314 g/mol. The van der Waals surface area contributed by atoms with E-state index in [1.54, 1.807) is 5.32 Å². The van der Waals surface area contributed by atoms with Crippen LogP contribution >= 0.6 is 11.6 Å². The van der Waals surface area contributed by atoms with E-state index in [4.69, 9.17) is 17.3 Å². The van der Waals surface area contributed by atoms with Crippen molar-refractivity contribution in [2.24, 2.45) is 0 Å². The Balaban J connectivity index is 2.64. The van der Waals surface area contributed by atoms with Crippen molar-refractivity contribution >= 4 is 34.0 Å². The molecule has 0 aliphatic rings. The quantitative estimate of drug-likeness (QED) is 0.831. The molecular weight excluding hydrogens is 305 g/mol. The van der Waals surface area contributed by atoms with Crippen molar-refractivity contribution in [2.45, 2.75) is 11.1 Å². The van der Waals surface area contributed by atoms with Crippen LogP contribution in [0.15, 0.2) is 23.1 Å². The first-order valence-corrected chi connectivity index (χ1v) is 6.65. The number of anilines is 1. The van der Waals surface area contributed by atoms with Crippen LogP contribution in [0, 0.1) is 0 Å². The van der Waals surface area contributed by atoms with Gasteiger partial charge in [0.1, 0.15) is 12.3 Å². The lowest BCUT2D eigenvalue weighted by Gasteiger charge is -2.09. The summed E-state index contributed by atoms with van der Waals surface area (Å²) < 4.78 is 47.4. The van der Waals surface area contributed by atoms with Crippen LogP contribution in [0.2, 0.25) is 5.02 Å². The Labute approximate surface area is 114 Å². The van der Waals surface area contributed by atoms with Crippen molar-refractivity contribution in [3.8, 4) is 0 Å². The summed E-state index contributed by atoms with van der Waals surface area (Å²) in [6.07, 6.45) is -4.51. The van der Waals surface area contributed by atoms with Gasteiger partial charge in [-0.3, -0.25) is 9.00 Å². The maximum Gasteiger partial charge on any atom is 0.405 e. The van der Waals surface area contributed by atoms with Crippen molar-refractivity contribution in [1.29, 1.82) is 0 Å². The number of hydrogen-bond donors (Lipinski definition) is 2. The zero-order valence-electron chi connectivity index (χ0n) is 9.46. The SMILES string of the molecule is Nc1ccc(Cl)c(S(=O)CC(=O)NCC(F)(F)F)c1. The normalized spacial score (nSPS) is 13.1. The van der Waals surface area contributed by atoms with Gasteiger partial charge >= 0.3 is 6.18 Å². The van der Waals surface area contributed by atoms with Crippen LogP contribution in [-0.2, 0) is 15.6 Å². The first-order chi connectivity index (χ1) is 8.69. The highest BCUT2D eigenvalue weighted by Gasteiger charge is 2.28. The molecule has 0 aliphatic heterocycles. The highest BCUT2D eigenvalue weighted by molar-refractivity contribution is 7.85. The zero-order valence-corrected chi connectivity index (χ0v) is 11.0. The molecular formula is C10H10ClF3N2O2S. The highest BCUT2D eigenvalue weighted by atomic mass is 35.5. The Morgan fingerprint density at radius 3 is 2.63 bits per heavy atom. The molecule has 4 nitrogen and oxygen atoms in total. The van der Waals surface area contributed by atoms with Gasteiger partial charge in [0.05, 0.1) is 20.7 Å². The molecule has 1 amide bonds. The van der Waals surface area contributed by atoms with E-state index in [0.717, 1.165) is 0 Å². The highest BCUT2D eigenvalue weighted by Crippen LogP contribution is 2.22. The van der Waals surface area contributed by atoms with E-state index in [1.165, 1.54) is 18.2 Å². The average molecular weight is 315 g/mol. The molecule has 0 saturated heterocycles. The van der Waals surface area contributed by atoms with Gasteiger partial charge in [0.25, 0.3) is 0 Å². The van der Waals surface area contributed by atoms with E-state index in [9.17, 15) is 22.2 Å². The molecule has 106 valence electrons. The summed E-state index contributed by atoms with van der Waals surface area (Å²) in [6.45, 7) is -1.46. The van der Waals surface area contributed by atoms with Gasteiger partial charge in [-0.05, 0) is 18.2 Å². The van der Waals surface area contributed by atoms with Gasteiger partial charge in [0.15, 0.2) is 0 Å². The Morgan fingerprint density at radius 2 is 2.05 bits per heavy atom. The first-order valence-electron chi connectivity index (χ1n) is 4.96. The molecule has 1 atom stereocenters. The topological polar surface area (TPSA) is 72.2 Å². The van der Waals surface area contributed by atoms with Gasteiger partial charge in [-0.25, -0.2) is 0 Å². The molecule has 0 radical (unpaired) electrons. The molecule has 0 saturated carbocycles. The van der Waals surface area contributed by atoms with E-state index >= 15 is 0 Å². The molecule has 1 rings (SSSR count). The van der Waals surface area contributed by atoms with Crippen LogP contribution in [0.3, 0.4) is 0 Å². The van der Waals surface area contributed by atoms with Gasteiger partial charge in [0, 0.05) is 5.69 Å². The molecule has 0 aliphatic carbocycles. The second-order valence-electron chi connectivity index (χ2n) is 3.57. The van der Waals surface area contributed by atoms with Crippen LogP contribution in [0.4, 0.5) is 18.9 Å². The van der Waals surface area contributed by atoms with Crippen molar-refractivity contribution < 1.29 is 22.2 Å². The minimum Gasteiger partial charge on any atom is -0.399 e. The fourth-order valence-corrected chi connectivity index (χ4v) is 2.57. The number of nitrogens with two attached hydrogens (primary N) is 1. The van der Waals surface area contributed by atoms with E-state index < -0.39 is 35.2 Å². The number of hydrogen-bond acceptors (Lipinski definition) is 3. The van der Waals surface area contributed by atoms with Crippen LogP contribution in [0.25, 0.3) is 0 Å². The Kier molecular flexibility index (Phi) is 5.19. The van der Waals surface area contributed by atoms with Gasteiger partial charge in [-0.15, -0.1) is 0 Å². The molecule has 3 N–H and O–H groups in total. The van der Waals surface area contributed by atoms with Crippen molar-refractivity contribution in [3.63, 3.8) is 0 Å². The Bertz CT molecular complexity index is 508. The number of carbonyl (C=O) groups is 1. The molecule has 1 aromatic carbocycles. The molecule has 0 aromatic heterocycles. The van der Waals surface area contributed by atoms with E-state index in [-0.39, 0.29) is 9.92 Å². The first kappa shape index (κ1) is 15.8. The number of rotatable bonds is 4. The maximum atomic E-state index is 11.9. The number of carbonyl (C=O) groups excluding carboxylic acids is 1. The van der Waals surface area contributed by atoms with E-state index in [1.807, 2.05) is 0 Å². The van der Waals surface area contributed by atoms with Gasteiger partial charge < -0.3 is 11.1 Å². The van der Waals surface area contributed by atoms with Gasteiger partial charge in [-0.2, -0.15) is 13.2 Å². The van der Waals surface area contributed by atoms with Crippen LogP contribution in [0.1, 0.15) is 0 Å². The minimum absolute atomic E-state index is 0.115. The van der Waals surface area contributed by atoms with Crippen molar-refractivity contribution in [1.82, 2.24) is 5.32 Å². The Morgan fingerprint density at radius 1 is 1.42 bits per heavy atom. The standard InChI is InChI=1S/C10H10ClF3N2O2S/c11-7-2-1-6(15)3-8(7)19(18)4-9(17)16-5-10(12,13)14/h1-3H,4-5,15H2,(H,16,17). The minimum atomic E-state index is -4.51. The molecule has 9 heteroatoms. The third-order valence-corrected chi connectivity index (χ3v) is 3.74. The van der Waals surface area contributed by atoms with Crippen LogP contribution in [0.5, 0.6) is 0 Å². The molecule has 0 spiro atoms. The zero-order chi connectivity index (χ0) is 14.6. The lowest BCUT2D eigenvalue weighted by molar-refractivity contribution is -0.136. The summed E-state index contributed by atoms with van der Waals surface area (Å²) in [5.41, 5.74) is 5.76.